The Hall–Kier alpha value is -1.39. The fourth-order valence-corrected chi connectivity index (χ4v) is 2.94. The van der Waals surface area contributed by atoms with Gasteiger partial charge in [-0.3, -0.25) is 0 Å². The Bertz CT molecular complexity index is 539. The number of hydrogen-bond acceptors (Lipinski definition) is 4. The third-order valence-electron chi connectivity index (χ3n) is 3.10. The maximum Gasteiger partial charge on any atom is 0.131 e. The molecule has 1 N–H and O–H groups in total. The number of rotatable bonds is 9. The molecule has 1 aromatic heterocycles. The van der Waals surface area contributed by atoms with Crippen LogP contribution in [0.25, 0.3) is 0 Å². The summed E-state index contributed by atoms with van der Waals surface area (Å²) in [7, 11) is 0. The Balaban J connectivity index is 1.85. The molecule has 0 bridgehead atoms. The lowest BCUT2D eigenvalue weighted by atomic mass is 10.2. The average Bonchev–Trinajstić information content (AvgIpc) is 2.94. The fourth-order valence-electron chi connectivity index (χ4n) is 2.06. The van der Waals surface area contributed by atoms with Gasteiger partial charge in [0.25, 0.3) is 0 Å². The summed E-state index contributed by atoms with van der Waals surface area (Å²) < 4.78 is 5.85. The normalized spacial score (nSPS) is 10.8. The average molecular weight is 304 g/mol. The van der Waals surface area contributed by atoms with E-state index in [0.717, 1.165) is 43.8 Å². The monoisotopic (exact) mass is 304 g/mol. The molecular formula is C17H24N2OS. The first-order chi connectivity index (χ1) is 10.3. The van der Waals surface area contributed by atoms with Gasteiger partial charge >= 0.3 is 0 Å². The molecule has 0 atom stereocenters. The highest BCUT2D eigenvalue weighted by Gasteiger charge is 2.03. The molecule has 0 unspecified atom stereocenters. The van der Waals surface area contributed by atoms with E-state index in [9.17, 15) is 0 Å². The Morgan fingerprint density at radius 1 is 1.24 bits per heavy atom. The lowest BCUT2D eigenvalue weighted by Crippen LogP contribution is -2.13. The predicted octanol–water partition coefficient (Wildman–Crippen LogP) is 4.17. The highest BCUT2D eigenvalue weighted by molar-refractivity contribution is 7.09. The Labute approximate surface area is 131 Å². The standard InChI is InChI=1S/C17H24N2OS/c1-3-6-17-19-15(13-21-17)12-20-16-8-5-7-14(10-16)11-18-9-4-2/h5,7-8,10,13,18H,3-4,6,9,11-12H2,1-2H3. The van der Waals surface area contributed by atoms with Crippen molar-refractivity contribution in [2.45, 2.75) is 46.3 Å². The van der Waals surface area contributed by atoms with Crippen molar-refractivity contribution in [1.82, 2.24) is 10.3 Å². The van der Waals surface area contributed by atoms with Gasteiger partial charge in [0.1, 0.15) is 12.4 Å². The zero-order valence-electron chi connectivity index (χ0n) is 12.9. The van der Waals surface area contributed by atoms with E-state index in [2.05, 4.69) is 41.7 Å². The van der Waals surface area contributed by atoms with Gasteiger partial charge in [-0.1, -0.05) is 26.0 Å². The summed E-state index contributed by atoms with van der Waals surface area (Å²) >= 11 is 1.72. The summed E-state index contributed by atoms with van der Waals surface area (Å²) in [6.45, 7) is 6.83. The largest absolute Gasteiger partial charge is 0.487 e. The molecule has 0 amide bonds. The van der Waals surface area contributed by atoms with Crippen LogP contribution in [0.4, 0.5) is 0 Å². The molecular weight excluding hydrogens is 280 g/mol. The van der Waals surface area contributed by atoms with Crippen LogP contribution in [0.3, 0.4) is 0 Å². The van der Waals surface area contributed by atoms with Crippen molar-refractivity contribution in [1.29, 1.82) is 0 Å². The summed E-state index contributed by atoms with van der Waals surface area (Å²) in [4.78, 5) is 4.58. The van der Waals surface area contributed by atoms with Gasteiger partial charge in [0.15, 0.2) is 0 Å². The van der Waals surface area contributed by atoms with Gasteiger partial charge in [0, 0.05) is 11.9 Å². The molecule has 0 saturated heterocycles. The van der Waals surface area contributed by atoms with E-state index < -0.39 is 0 Å². The van der Waals surface area contributed by atoms with Gasteiger partial charge in [0.05, 0.1) is 10.7 Å². The van der Waals surface area contributed by atoms with Gasteiger partial charge in [-0.15, -0.1) is 11.3 Å². The molecule has 0 spiro atoms. The summed E-state index contributed by atoms with van der Waals surface area (Å²) in [6, 6.07) is 8.27. The number of ether oxygens (including phenoxy) is 1. The number of benzene rings is 1. The Morgan fingerprint density at radius 3 is 2.95 bits per heavy atom. The van der Waals surface area contributed by atoms with E-state index in [-0.39, 0.29) is 0 Å². The number of hydrogen-bond donors (Lipinski definition) is 1. The van der Waals surface area contributed by atoms with Crippen LogP contribution in [-0.4, -0.2) is 11.5 Å². The number of aromatic nitrogens is 1. The van der Waals surface area contributed by atoms with Crippen molar-refractivity contribution in [2.24, 2.45) is 0 Å². The molecule has 114 valence electrons. The van der Waals surface area contributed by atoms with Crippen LogP contribution >= 0.6 is 11.3 Å². The highest BCUT2D eigenvalue weighted by atomic mass is 32.1. The van der Waals surface area contributed by atoms with Crippen LogP contribution in [0, 0.1) is 0 Å². The molecule has 0 fully saturated rings. The molecule has 21 heavy (non-hydrogen) atoms. The van der Waals surface area contributed by atoms with E-state index in [0.29, 0.717) is 6.61 Å². The Morgan fingerprint density at radius 2 is 2.14 bits per heavy atom. The number of nitrogens with one attached hydrogen (secondary N) is 1. The third-order valence-corrected chi connectivity index (χ3v) is 4.06. The topological polar surface area (TPSA) is 34.1 Å². The first-order valence-electron chi connectivity index (χ1n) is 7.67. The minimum absolute atomic E-state index is 0.548. The van der Waals surface area contributed by atoms with E-state index in [1.807, 2.05) is 12.1 Å². The van der Waals surface area contributed by atoms with Crippen molar-refractivity contribution in [3.63, 3.8) is 0 Å². The second-order valence-corrected chi connectivity index (χ2v) is 6.04. The summed E-state index contributed by atoms with van der Waals surface area (Å²) in [5.41, 5.74) is 2.28. The van der Waals surface area contributed by atoms with Crippen molar-refractivity contribution < 1.29 is 4.74 Å². The van der Waals surface area contributed by atoms with Crippen LogP contribution < -0.4 is 10.1 Å². The van der Waals surface area contributed by atoms with Gasteiger partial charge < -0.3 is 10.1 Å². The third kappa shape index (κ3) is 5.48. The van der Waals surface area contributed by atoms with Crippen LogP contribution in [-0.2, 0) is 19.6 Å². The SMILES string of the molecule is CCCNCc1cccc(OCc2csc(CCC)n2)c1. The number of aryl methyl sites for hydroxylation is 1. The molecule has 0 aliphatic rings. The van der Waals surface area contributed by atoms with E-state index in [1.165, 1.54) is 10.6 Å². The maximum absolute atomic E-state index is 5.85. The lowest BCUT2D eigenvalue weighted by Gasteiger charge is -2.07. The summed E-state index contributed by atoms with van der Waals surface area (Å²) in [5, 5.41) is 6.70. The molecule has 4 heteroatoms. The molecule has 0 radical (unpaired) electrons. The highest BCUT2D eigenvalue weighted by Crippen LogP contribution is 2.17. The second kappa shape index (κ2) is 8.80. The minimum Gasteiger partial charge on any atom is -0.487 e. The summed E-state index contributed by atoms with van der Waals surface area (Å²) in [5.74, 6) is 0.913. The number of nitrogens with zero attached hydrogens (tertiary/aromatic N) is 1. The van der Waals surface area contributed by atoms with Gasteiger partial charge in [0.2, 0.25) is 0 Å². The molecule has 0 saturated carbocycles. The van der Waals surface area contributed by atoms with E-state index in [1.54, 1.807) is 11.3 Å². The molecule has 3 nitrogen and oxygen atoms in total. The number of thiazole rings is 1. The van der Waals surface area contributed by atoms with Crippen LogP contribution in [0.1, 0.15) is 43.0 Å². The molecule has 2 aromatic rings. The van der Waals surface area contributed by atoms with Gasteiger partial charge in [-0.2, -0.15) is 0 Å². The first kappa shape index (κ1) is 16.0. The fraction of sp³-hybridized carbons (Fsp3) is 0.471. The second-order valence-electron chi connectivity index (χ2n) is 5.10. The molecule has 0 aliphatic heterocycles. The first-order valence-corrected chi connectivity index (χ1v) is 8.55. The van der Waals surface area contributed by atoms with Gasteiger partial charge in [-0.25, -0.2) is 4.98 Å². The van der Waals surface area contributed by atoms with E-state index >= 15 is 0 Å². The Kier molecular flexibility index (Phi) is 6.70. The van der Waals surface area contributed by atoms with Crippen LogP contribution in [0.5, 0.6) is 5.75 Å². The molecule has 1 aromatic carbocycles. The molecule has 0 aliphatic carbocycles. The van der Waals surface area contributed by atoms with Crippen molar-refractivity contribution in [3.05, 3.63) is 45.9 Å². The predicted molar refractivity (Wildman–Crippen MR) is 88.9 cm³/mol. The molecule has 1 heterocycles. The lowest BCUT2D eigenvalue weighted by molar-refractivity contribution is 0.301. The van der Waals surface area contributed by atoms with Crippen LogP contribution in [0.2, 0.25) is 0 Å². The smallest absolute Gasteiger partial charge is 0.131 e. The van der Waals surface area contributed by atoms with Gasteiger partial charge in [-0.05, 0) is 43.5 Å². The zero-order chi connectivity index (χ0) is 14.9. The minimum atomic E-state index is 0.548. The van der Waals surface area contributed by atoms with Crippen molar-refractivity contribution in [2.75, 3.05) is 6.54 Å². The molecule has 2 rings (SSSR count). The van der Waals surface area contributed by atoms with Crippen molar-refractivity contribution in [3.8, 4) is 5.75 Å². The quantitative estimate of drug-likeness (QED) is 0.706. The summed E-state index contributed by atoms with van der Waals surface area (Å²) in [6.07, 6.45) is 3.35. The van der Waals surface area contributed by atoms with Crippen molar-refractivity contribution >= 4 is 11.3 Å². The van der Waals surface area contributed by atoms with E-state index in [4.69, 9.17) is 4.74 Å². The zero-order valence-corrected chi connectivity index (χ0v) is 13.7. The maximum atomic E-state index is 5.85. The van der Waals surface area contributed by atoms with Crippen LogP contribution in [0.15, 0.2) is 29.6 Å².